The third kappa shape index (κ3) is 3.89. The predicted octanol–water partition coefficient (Wildman–Crippen LogP) is 10.4. The summed E-state index contributed by atoms with van der Waals surface area (Å²) < 4.78 is 2.34. The third-order valence-corrected chi connectivity index (χ3v) is 10.7. The van der Waals surface area contributed by atoms with Crippen molar-refractivity contribution in [1.82, 2.24) is 9.55 Å². The van der Waals surface area contributed by atoms with E-state index >= 15 is 0 Å². The summed E-state index contributed by atoms with van der Waals surface area (Å²) in [4.78, 5) is 9.65. The molecule has 8 aromatic rings. The Labute approximate surface area is 286 Å². The Bertz CT molecular complexity index is 2550. The lowest BCUT2D eigenvalue weighted by molar-refractivity contribution is 0.768. The van der Waals surface area contributed by atoms with E-state index in [0.717, 1.165) is 23.5 Å². The molecule has 1 aliphatic carbocycles. The van der Waals surface area contributed by atoms with Crippen LogP contribution in [0.25, 0.3) is 38.8 Å². The maximum atomic E-state index is 4.89. The molecule has 10 rings (SSSR count). The average Bonchev–Trinajstić information content (AvgIpc) is 3.77. The first kappa shape index (κ1) is 27.9. The van der Waals surface area contributed by atoms with E-state index in [1.165, 1.54) is 66.8 Å². The van der Waals surface area contributed by atoms with Crippen molar-refractivity contribution in [3.63, 3.8) is 0 Å². The maximum Gasteiger partial charge on any atom is 0.137 e. The topological polar surface area (TPSA) is 24.3 Å². The van der Waals surface area contributed by atoms with Gasteiger partial charge in [0.15, 0.2) is 0 Å². The van der Waals surface area contributed by atoms with E-state index in [2.05, 4.69) is 180 Å². The van der Waals surface area contributed by atoms with Crippen LogP contribution in [0.3, 0.4) is 0 Å². The Morgan fingerprint density at radius 3 is 2.04 bits per heavy atom. The zero-order valence-corrected chi connectivity index (χ0v) is 27.5. The van der Waals surface area contributed by atoms with Gasteiger partial charge in [-0.1, -0.05) is 103 Å². The molecule has 0 saturated heterocycles. The van der Waals surface area contributed by atoms with Crippen LogP contribution in [0, 0.1) is 6.92 Å². The van der Waals surface area contributed by atoms with Crippen LogP contribution in [0.1, 0.15) is 27.8 Å². The van der Waals surface area contributed by atoms with Crippen LogP contribution in [-0.2, 0) is 5.41 Å². The first-order chi connectivity index (χ1) is 24.1. The second-order valence-corrected chi connectivity index (χ2v) is 13.4. The van der Waals surface area contributed by atoms with E-state index in [0.29, 0.717) is 0 Å². The molecule has 4 nitrogen and oxygen atoms in total. The summed E-state index contributed by atoms with van der Waals surface area (Å²) in [5.74, 6) is 0.934. The highest BCUT2D eigenvalue weighted by Gasteiger charge is 2.46. The number of hydrogen-bond donors (Lipinski definition) is 0. The van der Waals surface area contributed by atoms with Crippen molar-refractivity contribution >= 4 is 38.9 Å². The second-order valence-electron chi connectivity index (χ2n) is 13.4. The van der Waals surface area contributed by atoms with Crippen LogP contribution in [0.4, 0.5) is 17.1 Å². The highest BCUT2D eigenvalue weighted by molar-refractivity contribution is 6.09. The van der Waals surface area contributed by atoms with Crippen LogP contribution in [-0.4, -0.2) is 23.3 Å². The van der Waals surface area contributed by atoms with Gasteiger partial charge in [0.25, 0.3) is 0 Å². The van der Waals surface area contributed by atoms with Crippen molar-refractivity contribution in [2.45, 2.75) is 12.3 Å². The number of nitrogens with zero attached hydrogens (tertiary/aromatic N) is 4. The van der Waals surface area contributed by atoms with E-state index in [1.54, 1.807) is 0 Å². The normalized spacial score (nSPS) is 14.3. The Kier molecular flexibility index (Phi) is 5.95. The third-order valence-electron chi connectivity index (χ3n) is 10.7. The van der Waals surface area contributed by atoms with Gasteiger partial charge in [0.05, 0.1) is 34.5 Å². The van der Waals surface area contributed by atoms with Crippen molar-refractivity contribution in [1.29, 1.82) is 0 Å². The number of anilines is 3. The number of rotatable bonds is 4. The van der Waals surface area contributed by atoms with Crippen molar-refractivity contribution in [3.05, 3.63) is 186 Å². The molecule has 0 atom stereocenters. The molecule has 0 unspecified atom stereocenters. The molecule has 0 saturated carbocycles. The zero-order valence-electron chi connectivity index (χ0n) is 27.5. The number of para-hydroxylation sites is 3. The molecular weight excluding hydrogens is 597 g/mol. The van der Waals surface area contributed by atoms with E-state index in [1.807, 2.05) is 6.20 Å². The monoisotopic (exact) mass is 630 g/mol. The Morgan fingerprint density at radius 1 is 0.571 bits per heavy atom. The number of pyridine rings is 1. The molecule has 0 fully saturated rings. The van der Waals surface area contributed by atoms with E-state index in [9.17, 15) is 0 Å². The van der Waals surface area contributed by atoms with Gasteiger partial charge in [0.2, 0.25) is 0 Å². The van der Waals surface area contributed by atoms with E-state index < -0.39 is 5.41 Å². The van der Waals surface area contributed by atoms with Gasteiger partial charge < -0.3 is 9.80 Å². The quantitative estimate of drug-likeness (QED) is 0.193. The molecule has 49 heavy (non-hydrogen) atoms. The summed E-state index contributed by atoms with van der Waals surface area (Å²) in [6, 6.07) is 56.0. The first-order valence-electron chi connectivity index (χ1n) is 17.0. The molecule has 0 N–H and O–H groups in total. The van der Waals surface area contributed by atoms with Crippen LogP contribution >= 0.6 is 0 Å². The van der Waals surface area contributed by atoms with Gasteiger partial charge in [-0.25, -0.2) is 4.98 Å². The van der Waals surface area contributed by atoms with Gasteiger partial charge in [-0.05, 0) is 94.4 Å². The summed E-state index contributed by atoms with van der Waals surface area (Å²) in [6.07, 6.45) is 1.92. The maximum absolute atomic E-state index is 4.89. The molecule has 4 heteroatoms. The largest absolute Gasteiger partial charge is 0.355 e. The van der Waals surface area contributed by atoms with E-state index in [-0.39, 0.29) is 0 Å². The van der Waals surface area contributed by atoms with Gasteiger partial charge in [-0.2, -0.15) is 0 Å². The lowest BCUT2D eigenvalue weighted by atomic mass is 9.67. The standard InChI is InChI=1S/C45H34N4/c1-30-24-25-46-44(26-30)49-40-19-8-5-16-36(40)37-23-22-32(28-43(37)49)45(38-17-6-3-14-34(38)35-15-4-7-18-39(35)45)31-12-11-13-33(27-31)48-29-47(2)41-20-9-10-21-42(41)48/h3-28H,29H2,1-2H3. The molecule has 0 bridgehead atoms. The molecule has 0 amide bonds. The van der Waals surface area contributed by atoms with Crippen molar-refractivity contribution in [3.8, 4) is 16.9 Å². The number of aromatic nitrogens is 2. The lowest BCUT2D eigenvalue weighted by Crippen LogP contribution is -2.29. The van der Waals surface area contributed by atoms with Crippen molar-refractivity contribution < 1.29 is 0 Å². The number of hydrogen-bond acceptors (Lipinski definition) is 3. The fourth-order valence-electron chi connectivity index (χ4n) is 8.62. The number of benzene rings is 6. The summed E-state index contributed by atoms with van der Waals surface area (Å²) >= 11 is 0. The summed E-state index contributed by atoms with van der Waals surface area (Å²) in [5.41, 5.74) is 14.3. The minimum atomic E-state index is -0.538. The molecule has 3 heterocycles. The van der Waals surface area contributed by atoms with E-state index in [4.69, 9.17) is 4.98 Å². The molecule has 1 aliphatic heterocycles. The van der Waals surface area contributed by atoms with Gasteiger partial charge in [0.1, 0.15) is 5.82 Å². The second kappa shape index (κ2) is 10.4. The van der Waals surface area contributed by atoms with Crippen LogP contribution < -0.4 is 9.80 Å². The molecule has 6 aromatic carbocycles. The average molecular weight is 631 g/mol. The van der Waals surface area contributed by atoms with Crippen LogP contribution in [0.5, 0.6) is 0 Å². The summed E-state index contributed by atoms with van der Waals surface area (Å²) in [5, 5.41) is 2.45. The Hall–Kier alpha value is -6.13. The van der Waals surface area contributed by atoms with Gasteiger partial charge in [-0.15, -0.1) is 0 Å². The Morgan fingerprint density at radius 2 is 1.24 bits per heavy atom. The van der Waals surface area contributed by atoms with Crippen molar-refractivity contribution in [2.75, 3.05) is 23.5 Å². The summed E-state index contributed by atoms with van der Waals surface area (Å²) in [7, 11) is 2.17. The molecule has 0 spiro atoms. The number of aryl methyl sites for hydroxylation is 1. The van der Waals surface area contributed by atoms with Crippen LogP contribution in [0.2, 0.25) is 0 Å². The molecule has 0 radical (unpaired) electrons. The zero-order chi connectivity index (χ0) is 32.7. The minimum Gasteiger partial charge on any atom is -0.355 e. The Balaban J connectivity index is 1.29. The molecule has 234 valence electrons. The first-order valence-corrected chi connectivity index (χ1v) is 17.0. The lowest BCUT2D eigenvalue weighted by Gasteiger charge is -2.35. The number of fused-ring (bicyclic) bond motifs is 7. The molecule has 2 aliphatic rings. The van der Waals surface area contributed by atoms with Gasteiger partial charge in [0, 0.05) is 29.7 Å². The van der Waals surface area contributed by atoms with Gasteiger partial charge >= 0.3 is 0 Å². The fraction of sp³-hybridized carbons (Fsp3) is 0.0889. The van der Waals surface area contributed by atoms with Gasteiger partial charge in [-0.3, -0.25) is 4.57 Å². The fourth-order valence-corrected chi connectivity index (χ4v) is 8.62. The highest BCUT2D eigenvalue weighted by atomic mass is 15.4. The SMILES string of the molecule is Cc1ccnc(-n2c3ccccc3c3ccc(C4(c5cccc(N6CN(C)c7ccccc76)c5)c5ccccc5-c5ccccc54)cc32)c1. The molecule has 2 aromatic heterocycles. The minimum absolute atomic E-state index is 0.538. The van der Waals surface area contributed by atoms with Crippen molar-refractivity contribution in [2.24, 2.45) is 0 Å². The van der Waals surface area contributed by atoms with Crippen LogP contribution in [0.15, 0.2) is 158 Å². The highest BCUT2D eigenvalue weighted by Crippen LogP contribution is 2.57. The summed E-state index contributed by atoms with van der Waals surface area (Å²) in [6.45, 7) is 2.94. The smallest absolute Gasteiger partial charge is 0.137 e. The molecular formula is C45H34N4. The predicted molar refractivity (Wildman–Crippen MR) is 202 cm³/mol.